The normalized spacial score (nSPS) is 19.5. The van der Waals surface area contributed by atoms with Crippen molar-refractivity contribution >= 4 is 6.08 Å². The molecule has 0 N–H and O–H groups in total. The Morgan fingerprint density at radius 1 is 0.867 bits per heavy atom. The van der Waals surface area contributed by atoms with Gasteiger partial charge in [0.2, 0.25) is 0 Å². The van der Waals surface area contributed by atoms with E-state index in [1.54, 1.807) is 11.1 Å². The highest BCUT2D eigenvalue weighted by Gasteiger charge is 2.14. The predicted octanol–water partition coefficient (Wildman–Crippen LogP) is 4.13. The van der Waals surface area contributed by atoms with Crippen molar-refractivity contribution in [2.75, 3.05) is 0 Å². The van der Waals surface area contributed by atoms with Crippen LogP contribution in [0.5, 0.6) is 0 Å². The van der Waals surface area contributed by atoms with Gasteiger partial charge in [0.05, 0.1) is 0 Å². The molecule has 0 radical (unpaired) electrons. The lowest BCUT2D eigenvalue weighted by atomic mass is 9.89. The van der Waals surface area contributed by atoms with Crippen molar-refractivity contribution in [3.63, 3.8) is 0 Å². The van der Waals surface area contributed by atoms with Crippen LogP contribution < -0.4 is 0 Å². The molecule has 0 aromatic heterocycles. The summed E-state index contributed by atoms with van der Waals surface area (Å²) < 4.78 is 0. The Bertz CT molecular complexity index is 435. The highest BCUT2D eigenvalue weighted by atomic mass is 14.2. The van der Waals surface area contributed by atoms with Crippen molar-refractivity contribution in [3.8, 4) is 0 Å². The first-order chi connectivity index (χ1) is 7.43. The lowest BCUT2D eigenvalue weighted by molar-refractivity contribution is 0.671. The van der Waals surface area contributed by atoms with Gasteiger partial charge >= 0.3 is 0 Å². The highest BCUT2D eigenvalue weighted by Crippen LogP contribution is 2.32. The first-order valence-corrected chi connectivity index (χ1v) is 5.90. The molecule has 15 heavy (non-hydrogen) atoms. The van der Waals surface area contributed by atoms with Gasteiger partial charge in [-0.3, -0.25) is 0 Å². The van der Waals surface area contributed by atoms with Gasteiger partial charge in [0, 0.05) is 0 Å². The van der Waals surface area contributed by atoms with Crippen molar-refractivity contribution in [2.24, 2.45) is 0 Å². The molecular weight excluding hydrogens is 180 g/mol. The van der Waals surface area contributed by atoms with E-state index in [1.165, 1.54) is 43.2 Å². The number of rotatable bonds is 0. The van der Waals surface area contributed by atoms with E-state index in [0.717, 1.165) is 0 Å². The molecule has 0 heteroatoms. The Kier molecular flexibility index (Phi) is 2.21. The lowest BCUT2D eigenvalue weighted by Crippen LogP contribution is -2.00. The van der Waals surface area contributed by atoms with E-state index in [4.69, 9.17) is 0 Å². The van der Waals surface area contributed by atoms with Crippen LogP contribution in [-0.4, -0.2) is 0 Å². The summed E-state index contributed by atoms with van der Waals surface area (Å²) in [5.41, 5.74) is 6.20. The van der Waals surface area contributed by atoms with Gasteiger partial charge in [-0.15, -0.1) is 0 Å². The Labute approximate surface area is 91.3 Å². The fourth-order valence-corrected chi connectivity index (χ4v) is 2.67. The monoisotopic (exact) mass is 196 g/mol. The van der Waals surface area contributed by atoms with E-state index >= 15 is 0 Å². The average Bonchev–Trinajstić information content (AvgIpc) is 2.48. The Morgan fingerprint density at radius 2 is 1.73 bits per heavy atom. The van der Waals surface area contributed by atoms with Gasteiger partial charge in [-0.05, 0) is 48.8 Å². The van der Waals surface area contributed by atoms with Gasteiger partial charge in [-0.25, -0.2) is 0 Å². The van der Waals surface area contributed by atoms with Crippen LogP contribution >= 0.6 is 0 Å². The maximum Gasteiger partial charge on any atom is -0.00553 e. The molecule has 0 fully saturated rings. The number of fused-ring (bicyclic) bond motifs is 1. The van der Waals surface area contributed by atoms with Crippen LogP contribution in [0.3, 0.4) is 0 Å². The molecule has 0 saturated carbocycles. The molecule has 0 heterocycles. The Balaban J connectivity index is 2.05. The lowest BCUT2D eigenvalue weighted by Gasteiger charge is -2.17. The standard InChI is InChI=1S/C15H16/c1-3-7-14-11-15-8-4-2-6-13(15)10-9-12(14)5-1/h1,3,5,7,9-10H,2,4,6,8,11H2. The third kappa shape index (κ3) is 1.65. The minimum absolute atomic E-state index is 1.18. The van der Waals surface area contributed by atoms with E-state index in [9.17, 15) is 0 Å². The average molecular weight is 196 g/mol. The Hall–Kier alpha value is -1.30. The molecule has 1 aromatic carbocycles. The zero-order chi connectivity index (χ0) is 10.1. The van der Waals surface area contributed by atoms with E-state index in [0.29, 0.717) is 0 Å². The van der Waals surface area contributed by atoms with Crippen LogP contribution in [0, 0.1) is 0 Å². The third-order valence-corrected chi connectivity index (χ3v) is 3.55. The number of hydrogen-bond donors (Lipinski definition) is 0. The van der Waals surface area contributed by atoms with E-state index in [2.05, 4.69) is 36.4 Å². The molecule has 2 aliphatic carbocycles. The maximum absolute atomic E-state index is 2.35. The minimum atomic E-state index is 1.18. The van der Waals surface area contributed by atoms with Gasteiger partial charge in [-0.2, -0.15) is 0 Å². The van der Waals surface area contributed by atoms with E-state index < -0.39 is 0 Å². The molecule has 0 aliphatic heterocycles. The zero-order valence-electron chi connectivity index (χ0n) is 9.00. The van der Waals surface area contributed by atoms with Crippen molar-refractivity contribution in [1.29, 1.82) is 0 Å². The molecule has 0 spiro atoms. The van der Waals surface area contributed by atoms with Crippen molar-refractivity contribution < 1.29 is 0 Å². The van der Waals surface area contributed by atoms with Crippen LogP contribution in [0.25, 0.3) is 6.08 Å². The quantitative estimate of drug-likeness (QED) is 0.585. The highest BCUT2D eigenvalue weighted by molar-refractivity contribution is 5.60. The Morgan fingerprint density at radius 3 is 2.73 bits per heavy atom. The fourth-order valence-electron chi connectivity index (χ4n) is 2.67. The molecular formula is C15H16. The van der Waals surface area contributed by atoms with Crippen molar-refractivity contribution in [1.82, 2.24) is 0 Å². The molecule has 0 saturated heterocycles. The summed E-state index contributed by atoms with van der Waals surface area (Å²) >= 11 is 0. The summed E-state index contributed by atoms with van der Waals surface area (Å²) in [4.78, 5) is 0. The summed E-state index contributed by atoms with van der Waals surface area (Å²) in [6.45, 7) is 0. The van der Waals surface area contributed by atoms with E-state index in [-0.39, 0.29) is 0 Å². The predicted molar refractivity (Wildman–Crippen MR) is 64.7 cm³/mol. The topological polar surface area (TPSA) is 0 Å². The fraction of sp³-hybridized carbons (Fsp3) is 0.333. The zero-order valence-corrected chi connectivity index (χ0v) is 9.00. The van der Waals surface area contributed by atoms with Crippen LogP contribution in [0.2, 0.25) is 0 Å². The second-order valence-corrected chi connectivity index (χ2v) is 4.54. The van der Waals surface area contributed by atoms with Gasteiger partial charge in [-0.1, -0.05) is 42.0 Å². The molecule has 76 valence electrons. The van der Waals surface area contributed by atoms with Crippen molar-refractivity contribution in [2.45, 2.75) is 32.1 Å². The summed E-state index contributed by atoms with van der Waals surface area (Å²) in [6.07, 6.45) is 11.2. The minimum Gasteiger partial charge on any atom is -0.0626 e. The van der Waals surface area contributed by atoms with E-state index in [1.807, 2.05) is 0 Å². The first-order valence-electron chi connectivity index (χ1n) is 5.90. The summed E-state index contributed by atoms with van der Waals surface area (Å²) in [6, 6.07) is 8.78. The number of benzene rings is 1. The van der Waals surface area contributed by atoms with Gasteiger partial charge < -0.3 is 0 Å². The largest absolute Gasteiger partial charge is 0.0626 e. The number of allylic oxidation sites excluding steroid dienone is 3. The second-order valence-electron chi connectivity index (χ2n) is 4.54. The number of hydrogen-bond acceptors (Lipinski definition) is 0. The molecule has 1 aromatic rings. The van der Waals surface area contributed by atoms with Gasteiger partial charge in [0.25, 0.3) is 0 Å². The molecule has 0 atom stereocenters. The van der Waals surface area contributed by atoms with Crippen LogP contribution in [0.15, 0.2) is 41.5 Å². The molecule has 0 unspecified atom stereocenters. The second kappa shape index (κ2) is 3.69. The molecule has 2 aliphatic rings. The third-order valence-electron chi connectivity index (χ3n) is 3.55. The van der Waals surface area contributed by atoms with Crippen LogP contribution in [-0.2, 0) is 6.42 Å². The SMILES string of the molecule is C1=Cc2ccccc2CC2=C1CCCC2. The first kappa shape index (κ1) is 8.96. The maximum atomic E-state index is 2.35. The van der Waals surface area contributed by atoms with Gasteiger partial charge in [0.15, 0.2) is 0 Å². The molecule has 0 nitrogen and oxygen atoms in total. The molecule has 0 bridgehead atoms. The van der Waals surface area contributed by atoms with Gasteiger partial charge in [0.1, 0.15) is 0 Å². The molecule has 0 amide bonds. The van der Waals surface area contributed by atoms with Crippen molar-refractivity contribution in [3.05, 3.63) is 52.6 Å². The molecule has 3 rings (SSSR count). The smallest absolute Gasteiger partial charge is 0.00553 e. The van der Waals surface area contributed by atoms with Crippen LogP contribution in [0.4, 0.5) is 0 Å². The summed E-state index contributed by atoms with van der Waals surface area (Å²) in [5.74, 6) is 0. The summed E-state index contributed by atoms with van der Waals surface area (Å²) in [5, 5.41) is 0. The van der Waals surface area contributed by atoms with Crippen LogP contribution in [0.1, 0.15) is 36.8 Å². The summed E-state index contributed by atoms with van der Waals surface area (Å²) in [7, 11) is 0.